The third-order valence-electron chi connectivity index (χ3n) is 2.71. The van der Waals surface area contributed by atoms with Crippen molar-refractivity contribution >= 4 is 5.91 Å². The molecule has 100 valence electrons. The van der Waals surface area contributed by atoms with E-state index in [2.05, 4.69) is 10.1 Å². The van der Waals surface area contributed by atoms with Crippen LogP contribution in [-0.2, 0) is 9.53 Å². The Morgan fingerprint density at radius 2 is 2.06 bits per heavy atom. The predicted octanol–water partition coefficient (Wildman–Crippen LogP) is 0.809. The molecule has 0 aliphatic heterocycles. The number of hydrogen-bond donors (Lipinski definition) is 2. The molecule has 1 amide bonds. The largest absolute Gasteiger partial charge is 0.411 e. The number of carbonyl (C=O) groups excluding carboxylic acids is 1. The van der Waals surface area contributed by atoms with Gasteiger partial charge in [-0.2, -0.15) is 13.2 Å². The van der Waals surface area contributed by atoms with Crippen molar-refractivity contribution in [1.29, 1.82) is 0 Å². The Morgan fingerprint density at radius 3 is 2.53 bits per heavy atom. The first-order valence-corrected chi connectivity index (χ1v) is 5.45. The van der Waals surface area contributed by atoms with Crippen LogP contribution in [0, 0.1) is 5.92 Å². The number of ether oxygens (including phenoxy) is 1. The molecule has 1 saturated carbocycles. The van der Waals surface area contributed by atoms with Crippen LogP contribution in [0.5, 0.6) is 0 Å². The molecule has 0 saturated heterocycles. The highest BCUT2D eigenvalue weighted by molar-refractivity contribution is 5.86. The molecular formula is C10H17F3N2O2. The van der Waals surface area contributed by atoms with Gasteiger partial charge >= 0.3 is 6.18 Å². The lowest BCUT2D eigenvalue weighted by Crippen LogP contribution is -2.53. The molecule has 0 spiro atoms. The first kappa shape index (κ1) is 14.2. The summed E-state index contributed by atoms with van der Waals surface area (Å²) in [5.74, 6) is -0.158. The third kappa shape index (κ3) is 4.91. The number of rotatable bonds is 6. The highest BCUT2D eigenvalue weighted by atomic mass is 19.4. The molecule has 7 heteroatoms. The fourth-order valence-electron chi connectivity index (χ4n) is 1.48. The number of nitrogens with one attached hydrogen (secondary N) is 1. The van der Waals surface area contributed by atoms with Crippen LogP contribution in [-0.4, -0.2) is 37.4 Å². The molecule has 0 heterocycles. The monoisotopic (exact) mass is 254 g/mol. The zero-order valence-corrected chi connectivity index (χ0v) is 9.64. The van der Waals surface area contributed by atoms with Crippen LogP contribution in [0.15, 0.2) is 0 Å². The number of halogens is 3. The SMILES string of the molecule is CC(N)(C(=O)NCCOCC(F)(F)F)C1CC1. The topological polar surface area (TPSA) is 64.4 Å². The molecule has 1 fully saturated rings. The summed E-state index contributed by atoms with van der Waals surface area (Å²) in [7, 11) is 0. The van der Waals surface area contributed by atoms with Gasteiger partial charge in [-0.3, -0.25) is 4.79 Å². The molecule has 1 rings (SSSR count). The Balaban J connectivity index is 2.12. The molecule has 1 aliphatic carbocycles. The van der Waals surface area contributed by atoms with Gasteiger partial charge in [0.1, 0.15) is 6.61 Å². The van der Waals surface area contributed by atoms with Crippen molar-refractivity contribution in [3.05, 3.63) is 0 Å². The lowest BCUT2D eigenvalue weighted by atomic mass is 9.96. The molecule has 17 heavy (non-hydrogen) atoms. The van der Waals surface area contributed by atoms with E-state index < -0.39 is 18.3 Å². The molecule has 0 bridgehead atoms. The summed E-state index contributed by atoms with van der Waals surface area (Å²) in [6.45, 7) is 0.197. The van der Waals surface area contributed by atoms with Crippen LogP contribution >= 0.6 is 0 Å². The standard InChI is InChI=1S/C10H17F3N2O2/c1-9(14,7-2-3-7)8(16)15-4-5-17-6-10(11,12)13/h7H,2-6,14H2,1H3,(H,15,16). The van der Waals surface area contributed by atoms with E-state index in [1.807, 2.05) is 0 Å². The molecule has 4 nitrogen and oxygen atoms in total. The zero-order chi connectivity index (χ0) is 13.1. The molecule has 0 aromatic heterocycles. The maximum atomic E-state index is 11.7. The van der Waals surface area contributed by atoms with Gasteiger partial charge in [-0.15, -0.1) is 0 Å². The number of alkyl halides is 3. The molecule has 0 aromatic carbocycles. The molecule has 0 radical (unpaired) electrons. The maximum absolute atomic E-state index is 11.7. The van der Waals surface area contributed by atoms with E-state index in [0.717, 1.165) is 12.8 Å². The first-order valence-electron chi connectivity index (χ1n) is 5.45. The predicted molar refractivity (Wildman–Crippen MR) is 55.2 cm³/mol. The second kappa shape index (κ2) is 5.22. The highest BCUT2D eigenvalue weighted by Gasteiger charge is 2.43. The number of hydrogen-bond acceptors (Lipinski definition) is 3. The normalized spacial score (nSPS) is 19.8. The van der Waals surface area contributed by atoms with Crippen LogP contribution < -0.4 is 11.1 Å². The first-order chi connectivity index (χ1) is 7.73. The van der Waals surface area contributed by atoms with Crippen molar-refractivity contribution in [2.45, 2.75) is 31.5 Å². The summed E-state index contributed by atoms with van der Waals surface area (Å²) >= 11 is 0. The van der Waals surface area contributed by atoms with Gasteiger partial charge in [-0.05, 0) is 25.7 Å². The minimum atomic E-state index is -4.33. The second-order valence-corrected chi connectivity index (χ2v) is 4.48. The van der Waals surface area contributed by atoms with Crippen molar-refractivity contribution < 1.29 is 22.7 Å². The zero-order valence-electron chi connectivity index (χ0n) is 9.64. The Bertz CT molecular complexity index is 275. The van der Waals surface area contributed by atoms with E-state index in [-0.39, 0.29) is 25.0 Å². The van der Waals surface area contributed by atoms with Crippen molar-refractivity contribution in [3.63, 3.8) is 0 Å². The Kier molecular flexibility index (Phi) is 4.37. The second-order valence-electron chi connectivity index (χ2n) is 4.48. The van der Waals surface area contributed by atoms with Crippen molar-refractivity contribution in [2.75, 3.05) is 19.8 Å². The van der Waals surface area contributed by atoms with E-state index in [1.165, 1.54) is 0 Å². The minimum absolute atomic E-state index is 0.0361. The molecular weight excluding hydrogens is 237 g/mol. The lowest BCUT2D eigenvalue weighted by Gasteiger charge is -2.23. The quantitative estimate of drug-likeness (QED) is 0.689. The molecule has 0 aromatic rings. The van der Waals surface area contributed by atoms with E-state index in [9.17, 15) is 18.0 Å². The van der Waals surface area contributed by atoms with Crippen molar-refractivity contribution in [1.82, 2.24) is 5.32 Å². The molecule has 1 aliphatic rings. The van der Waals surface area contributed by atoms with Crippen LogP contribution in [0.1, 0.15) is 19.8 Å². The smallest absolute Gasteiger partial charge is 0.370 e. The minimum Gasteiger partial charge on any atom is -0.370 e. The summed E-state index contributed by atoms with van der Waals surface area (Å²) in [6.07, 6.45) is -2.49. The Hall–Kier alpha value is -0.820. The molecule has 1 unspecified atom stereocenters. The lowest BCUT2D eigenvalue weighted by molar-refractivity contribution is -0.173. The fraction of sp³-hybridized carbons (Fsp3) is 0.900. The van der Waals surface area contributed by atoms with E-state index in [4.69, 9.17) is 5.73 Å². The number of amides is 1. The van der Waals surface area contributed by atoms with Crippen LogP contribution in [0.4, 0.5) is 13.2 Å². The van der Waals surface area contributed by atoms with Gasteiger partial charge < -0.3 is 15.8 Å². The summed E-state index contributed by atoms with van der Waals surface area (Å²) in [4.78, 5) is 11.6. The third-order valence-corrected chi connectivity index (χ3v) is 2.71. The molecule has 3 N–H and O–H groups in total. The van der Waals surface area contributed by atoms with E-state index in [0.29, 0.717) is 0 Å². The van der Waals surface area contributed by atoms with E-state index in [1.54, 1.807) is 6.92 Å². The van der Waals surface area contributed by atoms with Crippen LogP contribution in [0.25, 0.3) is 0 Å². The number of carbonyl (C=O) groups is 1. The van der Waals surface area contributed by atoms with Crippen molar-refractivity contribution in [2.24, 2.45) is 11.7 Å². The van der Waals surface area contributed by atoms with Gasteiger partial charge in [-0.25, -0.2) is 0 Å². The summed E-state index contributed by atoms with van der Waals surface area (Å²) in [5.41, 5.74) is 4.89. The van der Waals surface area contributed by atoms with Gasteiger partial charge in [-0.1, -0.05) is 0 Å². The highest BCUT2D eigenvalue weighted by Crippen LogP contribution is 2.37. The van der Waals surface area contributed by atoms with Gasteiger partial charge in [0.15, 0.2) is 0 Å². The summed E-state index contributed by atoms with van der Waals surface area (Å²) < 4.78 is 39.5. The Morgan fingerprint density at radius 1 is 1.47 bits per heavy atom. The maximum Gasteiger partial charge on any atom is 0.411 e. The van der Waals surface area contributed by atoms with E-state index >= 15 is 0 Å². The van der Waals surface area contributed by atoms with Crippen molar-refractivity contribution in [3.8, 4) is 0 Å². The van der Waals surface area contributed by atoms with Gasteiger partial charge in [0.2, 0.25) is 5.91 Å². The van der Waals surface area contributed by atoms with Crippen LogP contribution in [0.3, 0.4) is 0 Å². The molecule has 1 atom stereocenters. The average molecular weight is 254 g/mol. The van der Waals surface area contributed by atoms with Gasteiger partial charge in [0, 0.05) is 6.54 Å². The number of nitrogens with two attached hydrogens (primary N) is 1. The Labute approximate surface area is 97.7 Å². The van der Waals surface area contributed by atoms with Crippen LogP contribution in [0.2, 0.25) is 0 Å². The van der Waals surface area contributed by atoms with Gasteiger partial charge in [0.25, 0.3) is 0 Å². The summed E-state index contributed by atoms with van der Waals surface area (Å²) in [6, 6.07) is 0. The summed E-state index contributed by atoms with van der Waals surface area (Å²) in [5, 5.41) is 2.47. The van der Waals surface area contributed by atoms with Gasteiger partial charge in [0.05, 0.1) is 12.1 Å². The fourth-order valence-corrected chi connectivity index (χ4v) is 1.48. The average Bonchev–Trinajstić information content (AvgIpc) is 2.98.